The van der Waals surface area contributed by atoms with Crippen LogP contribution in [0.3, 0.4) is 0 Å². The molecule has 0 saturated carbocycles. The Morgan fingerprint density at radius 1 is 1.10 bits per heavy atom. The molecule has 0 aromatic rings. The van der Waals surface area contributed by atoms with Gasteiger partial charge >= 0.3 is 0 Å². The molecule has 0 aromatic carbocycles. The van der Waals surface area contributed by atoms with E-state index >= 15 is 0 Å². The van der Waals surface area contributed by atoms with Crippen LogP contribution in [0.15, 0.2) is 30.3 Å². The lowest BCUT2D eigenvalue weighted by Gasteiger charge is -2.34. The first-order valence-electron chi connectivity index (χ1n) is 8.40. The summed E-state index contributed by atoms with van der Waals surface area (Å²) >= 11 is 0. The highest BCUT2D eigenvalue weighted by Crippen LogP contribution is 2.43. The van der Waals surface area contributed by atoms with Crippen LogP contribution >= 0.6 is 0 Å². The number of hydrogen-bond acceptors (Lipinski definition) is 0. The first-order valence-corrected chi connectivity index (χ1v) is 8.40. The van der Waals surface area contributed by atoms with Gasteiger partial charge in [0.1, 0.15) is 0 Å². The van der Waals surface area contributed by atoms with E-state index in [1.165, 1.54) is 36.0 Å². The third-order valence-corrected chi connectivity index (χ3v) is 5.33. The van der Waals surface area contributed by atoms with Crippen molar-refractivity contribution in [3.8, 4) is 11.1 Å². The fourth-order valence-corrected chi connectivity index (χ4v) is 3.74. The van der Waals surface area contributed by atoms with E-state index in [1.54, 1.807) is 11.1 Å². The summed E-state index contributed by atoms with van der Waals surface area (Å²) < 4.78 is 0. The van der Waals surface area contributed by atoms with Gasteiger partial charge in [-0.05, 0) is 64.3 Å². The van der Waals surface area contributed by atoms with Crippen molar-refractivity contribution < 1.29 is 0 Å². The van der Waals surface area contributed by atoms with Crippen LogP contribution in [0.2, 0.25) is 0 Å². The molecule has 0 aliphatic heterocycles. The molecule has 0 amide bonds. The van der Waals surface area contributed by atoms with Crippen LogP contribution in [-0.2, 0) is 12.8 Å². The van der Waals surface area contributed by atoms with Gasteiger partial charge in [-0.25, -0.2) is 0 Å². The van der Waals surface area contributed by atoms with Gasteiger partial charge in [0.25, 0.3) is 0 Å². The quantitative estimate of drug-likeness (QED) is 0.595. The monoisotopic (exact) mass is 280 g/mol. The first kappa shape index (κ1) is 14.6. The molecule has 0 N–H and O–H groups in total. The third kappa shape index (κ3) is 2.73. The molecule has 0 saturated heterocycles. The Kier molecular flexibility index (Phi) is 3.59. The van der Waals surface area contributed by atoms with E-state index in [-0.39, 0.29) is 0 Å². The van der Waals surface area contributed by atoms with E-state index in [0.29, 0.717) is 11.3 Å². The zero-order valence-electron chi connectivity index (χ0n) is 14.2. The predicted molar refractivity (Wildman–Crippen MR) is 92.1 cm³/mol. The molecule has 0 heteroatoms. The van der Waals surface area contributed by atoms with Crippen molar-refractivity contribution in [1.82, 2.24) is 0 Å². The lowest BCUT2D eigenvalue weighted by atomic mass is 9.71. The van der Waals surface area contributed by atoms with Crippen LogP contribution in [-0.4, -0.2) is 0 Å². The Hall–Kier alpha value is -1.30. The fourth-order valence-electron chi connectivity index (χ4n) is 3.74. The van der Waals surface area contributed by atoms with Crippen molar-refractivity contribution in [2.75, 3.05) is 0 Å². The minimum absolute atomic E-state index is 0.418. The standard InChI is InChI=1S/C21H28/c1-14(2)15-7-6-8-19-17(11-15)12-16-9-10-18(13-20(16)19)21(3,4)5/h6-8,11-12,14,18H,9-10,13H2,1-5H3. The average molecular weight is 280 g/mol. The van der Waals surface area contributed by atoms with E-state index in [2.05, 4.69) is 65.0 Å². The summed E-state index contributed by atoms with van der Waals surface area (Å²) in [5, 5.41) is 0. The van der Waals surface area contributed by atoms with Gasteiger partial charge in [-0.3, -0.25) is 0 Å². The molecule has 0 fully saturated rings. The van der Waals surface area contributed by atoms with E-state index < -0.39 is 0 Å². The van der Waals surface area contributed by atoms with Crippen LogP contribution in [0, 0.1) is 11.3 Å². The molecule has 0 bridgehead atoms. The SMILES string of the molecule is CC(C)c1cccc2c3c(cc-2c1)CCC(C(C)(C)C)C3. The highest BCUT2D eigenvalue weighted by Gasteiger charge is 2.31. The molecule has 0 spiro atoms. The first-order chi connectivity index (χ1) is 9.86. The number of hydrogen-bond donors (Lipinski definition) is 0. The molecule has 0 nitrogen and oxygen atoms in total. The maximum Gasteiger partial charge on any atom is -0.0149 e. The van der Waals surface area contributed by atoms with E-state index in [9.17, 15) is 0 Å². The molecule has 1 unspecified atom stereocenters. The molecule has 1 atom stereocenters. The van der Waals surface area contributed by atoms with Crippen LogP contribution < -0.4 is 0 Å². The van der Waals surface area contributed by atoms with Gasteiger partial charge in [-0.2, -0.15) is 0 Å². The van der Waals surface area contributed by atoms with Gasteiger partial charge in [0.2, 0.25) is 0 Å². The summed E-state index contributed by atoms with van der Waals surface area (Å²) in [6.07, 6.45) is 3.85. The minimum atomic E-state index is 0.418. The lowest BCUT2D eigenvalue weighted by Crippen LogP contribution is -2.26. The Labute approximate surface area is 129 Å². The van der Waals surface area contributed by atoms with Gasteiger partial charge in [0.15, 0.2) is 0 Å². The van der Waals surface area contributed by atoms with Crippen molar-refractivity contribution in [3.05, 3.63) is 47.0 Å². The van der Waals surface area contributed by atoms with Crippen molar-refractivity contribution in [3.63, 3.8) is 0 Å². The van der Waals surface area contributed by atoms with Crippen LogP contribution in [0.25, 0.3) is 11.1 Å². The number of fused-ring (bicyclic) bond motifs is 3. The highest BCUT2D eigenvalue weighted by atomic mass is 14.4. The predicted octanol–water partition coefficient (Wildman–Crippen LogP) is 6.07. The normalized spacial score (nSPS) is 19.0. The summed E-state index contributed by atoms with van der Waals surface area (Å²) in [6, 6.07) is 11.7. The fraction of sp³-hybridized carbons (Fsp3) is 0.524. The second kappa shape index (κ2) is 5.16. The van der Waals surface area contributed by atoms with Crippen LogP contribution in [0.5, 0.6) is 0 Å². The number of rotatable bonds is 1. The second-order valence-electron chi connectivity index (χ2n) is 8.15. The number of aryl methyl sites for hydroxylation is 1. The lowest BCUT2D eigenvalue weighted by molar-refractivity contribution is 0.217. The van der Waals surface area contributed by atoms with Gasteiger partial charge in [-0.15, -0.1) is 0 Å². The van der Waals surface area contributed by atoms with Crippen molar-refractivity contribution in [2.24, 2.45) is 11.3 Å². The summed E-state index contributed by atoms with van der Waals surface area (Å²) in [5.41, 5.74) is 8.03. The smallest absolute Gasteiger partial charge is 0.0149 e. The Morgan fingerprint density at radius 3 is 2.52 bits per heavy atom. The molecular weight excluding hydrogens is 252 g/mol. The van der Waals surface area contributed by atoms with Crippen molar-refractivity contribution in [1.29, 1.82) is 0 Å². The van der Waals surface area contributed by atoms with Crippen molar-refractivity contribution >= 4 is 0 Å². The summed E-state index contributed by atoms with van der Waals surface area (Å²) in [6.45, 7) is 11.7. The third-order valence-electron chi connectivity index (χ3n) is 5.33. The second-order valence-corrected chi connectivity index (χ2v) is 8.15. The molecule has 0 heterocycles. The molecular formula is C21H28. The highest BCUT2D eigenvalue weighted by molar-refractivity contribution is 5.74. The maximum atomic E-state index is 2.45. The van der Waals surface area contributed by atoms with Crippen molar-refractivity contribution in [2.45, 2.75) is 59.8 Å². The Balaban J connectivity index is 2.04. The van der Waals surface area contributed by atoms with Gasteiger partial charge in [0.05, 0.1) is 0 Å². The molecule has 21 heavy (non-hydrogen) atoms. The van der Waals surface area contributed by atoms with E-state index in [1.807, 2.05) is 0 Å². The largest absolute Gasteiger partial charge is 0.0614 e. The summed E-state index contributed by atoms with van der Waals surface area (Å²) in [4.78, 5) is 0. The molecule has 3 aliphatic carbocycles. The van der Waals surface area contributed by atoms with E-state index in [0.717, 1.165) is 5.92 Å². The maximum absolute atomic E-state index is 2.45. The zero-order valence-corrected chi connectivity index (χ0v) is 14.2. The molecule has 3 aliphatic rings. The molecule has 0 radical (unpaired) electrons. The van der Waals surface area contributed by atoms with Gasteiger partial charge in [0, 0.05) is 0 Å². The molecule has 112 valence electrons. The Bertz CT molecular complexity index is 613. The summed E-state index contributed by atoms with van der Waals surface area (Å²) in [7, 11) is 0. The van der Waals surface area contributed by atoms with Gasteiger partial charge in [-0.1, -0.05) is 65.0 Å². The van der Waals surface area contributed by atoms with Crippen LogP contribution in [0.4, 0.5) is 0 Å². The summed E-state index contributed by atoms with van der Waals surface area (Å²) in [5.74, 6) is 1.40. The average Bonchev–Trinajstić information content (AvgIpc) is 2.60. The van der Waals surface area contributed by atoms with Gasteiger partial charge < -0.3 is 0 Å². The molecule has 0 aromatic heterocycles. The zero-order chi connectivity index (χ0) is 15.2. The minimum Gasteiger partial charge on any atom is -0.0614 e. The Morgan fingerprint density at radius 2 is 1.86 bits per heavy atom. The van der Waals surface area contributed by atoms with E-state index in [4.69, 9.17) is 0 Å². The van der Waals surface area contributed by atoms with Crippen LogP contribution in [0.1, 0.15) is 63.6 Å². The molecule has 3 rings (SSSR count). The topological polar surface area (TPSA) is 0 Å².